The van der Waals surface area contributed by atoms with Gasteiger partial charge in [0.15, 0.2) is 0 Å². The third-order valence-electron chi connectivity index (χ3n) is 4.03. The Balaban J connectivity index is 1.84. The van der Waals surface area contributed by atoms with Gasteiger partial charge < -0.3 is 10.2 Å². The summed E-state index contributed by atoms with van der Waals surface area (Å²) < 4.78 is 0. The van der Waals surface area contributed by atoms with E-state index in [2.05, 4.69) is 58.7 Å². The van der Waals surface area contributed by atoms with Crippen LogP contribution in [0.3, 0.4) is 0 Å². The monoisotopic (exact) mass is 266 g/mol. The molecule has 20 heavy (non-hydrogen) atoms. The first kappa shape index (κ1) is 13.2. The molecule has 1 aliphatic rings. The molecule has 2 nitrogen and oxygen atoms in total. The van der Waals surface area contributed by atoms with Gasteiger partial charge in [-0.05, 0) is 43.1 Å². The lowest BCUT2D eigenvalue weighted by Crippen LogP contribution is -2.21. The van der Waals surface area contributed by atoms with Gasteiger partial charge in [-0.15, -0.1) is 0 Å². The molecule has 0 amide bonds. The van der Waals surface area contributed by atoms with E-state index in [0.717, 1.165) is 26.1 Å². The predicted octanol–water partition coefficient (Wildman–Crippen LogP) is 3.01. The van der Waals surface area contributed by atoms with E-state index in [0.29, 0.717) is 0 Å². The first-order valence-corrected chi connectivity index (χ1v) is 7.42. The minimum absolute atomic E-state index is 1.02. The van der Waals surface area contributed by atoms with Crippen LogP contribution in [-0.4, -0.2) is 20.1 Å². The number of hydrogen-bond acceptors (Lipinski definition) is 2. The number of rotatable bonds is 5. The van der Waals surface area contributed by atoms with Crippen LogP contribution in [0.5, 0.6) is 0 Å². The van der Waals surface area contributed by atoms with Gasteiger partial charge >= 0.3 is 0 Å². The zero-order chi connectivity index (χ0) is 13.8. The molecule has 0 saturated carbocycles. The SMILES string of the molecule is CNCCc1cccc2c1N(Cc1ccccc1)CC2. The normalized spacial score (nSPS) is 13.6. The minimum Gasteiger partial charge on any atom is -0.366 e. The molecule has 2 heteroatoms. The summed E-state index contributed by atoms with van der Waals surface area (Å²) in [6, 6.07) is 17.5. The Kier molecular flexibility index (Phi) is 4.03. The summed E-state index contributed by atoms with van der Waals surface area (Å²) in [5.74, 6) is 0. The lowest BCUT2D eigenvalue weighted by Gasteiger charge is -2.22. The van der Waals surface area contributed by atoms with Crippen LogP contribution in [0.2, 0.25) is 0 Å². The topological polar surface area (TPSA) is 15.3 Å². The molecule has 3 rings (SSSR count). The van der Waals surface area contributed by atoms with Crippen molar-refractivity contribution in [2.45, 2.75) is 19.4 Å². The quantitative estimate of drug-likeness (QED) is 0.895. The molecule has 0 aliphatic carbocycles. The smallest absolute Gasteiger partial charge is 0.0435 e. The fraction of sp³-hybridized carbons (Fsp3) is 0.333. The van der Waals surface area contributed by atoms with Gasteiger partial charge in [0, 0.05) is 18.8 Å². The van der Waals surface area contributed by atoms with Crippen molar-refractivity contribution >= 4 is 5.69 Å². The van der Waals surface area contributed by atoms with Crippen molar-refractivity contribution in [1.82, 2.24) is 5.32 Å². The fourth-order valence-corrected chi connectivity index (χ4v) is 3.04. The second-order valence-corrected chi connectivity index (χ2v) is 5.44. The van der Waals surface area contributed by atoms with Crippen LogP contribution in [0.25, 0.3) is 0 Å². The molecule has 0 fully saturated rings. The zero-order valence-electron chi connectivity index (χ0n) is 12.1. The van der Waals surface area contributed by atoms with Gasteiger partial charge in [-0.25, -0.2) is 0 Å². The largest absolute Gasteiger partial charge is 0.366 e. The van der Waals surface area contributed by atoms with E-state index in [9.17, 15) is 0 Å². The highest BCUT2D eigenvalue weighted by Gasteiger charge is 2.21. The van der Waals surface area contributed by atoms with Crippen molar-refractivity contribution < 1.29 is 0 Å². The molecule has 1 heterocycles. The van der Waals surface area contributed by atoms with Crippen LogP contribution in [0.4, 0.5) is 5.69 Å². The molecule has 1 aliphatic heterocycles. The van der Waals surface area contributed by atoms with Gasteiger partial charge in [-0.3, -0.25) is 0 Å². The highest BCUT2D eigenvalue weighted by atomic mass is 15.1. The Hall–Kier alpha value is -1.80. The average molecular weight is 266 g/mol. The molecule has 0 bridgehead atoms. The number of para-hydroxylation sites is 1. The van der Waals surface area contributed by atoms with Gasteiger partial charge in [0.05, 0.1) is 0 Å². The van der Waals surface area contributed by atoms with E-state index in [1.165, 1.54) is 28.8 Å². The molecular formula is C18H22N2. The van der Waals surface area contributed by atoms with Crippen molar-refractivity contribution in [2.24, 2.45) is 0 Å². The highest BCUT2D eigenvalue weighted by Crippen LogP contribution is 2.33. The predicted molar refractivity (Wildman–Crippen MR) is 85.3 cm³/mol. The number of nitrogens with one attached hydrogen (secondary N) is 1. The van der Waals surface area contributed by atoms with Crippen LogP contribution in [0, 0.1) is 0 Å². The number of likely N-dealkylation sites (N-methyl/N-ethyl adjacent to an activating group) is 1. The second-order valence-electron chi connectivity index (χ2n) is 5.44. The van der Waals surface area contributed by atoms with E-state index in [1.54, 1.807) is 0 Å². The third kappa shape index (κ3) is 2.70. The Bertz CT molecular complexity index is 563. The van der Waals surface area contributed by atoms with Crippen molar-refractivity contribution in [3.63, 3.8) is 0 Å². The number of anilines is 1. The van der Waals surface area contributed by atoms with Crippen molar-refractivity contribution in [2.75, 3.05) is 25.0 Å². The van der Waals surface area contributed by atoms with E-state index < -0.39 is 0 Å². The molecule has 0 unspecified atom stereocenters. The van der Waals surface area contributed by atoms with E-state index in [4.69, 9.17) is 0 Å². The summed E-state index contributed by atoms with van der Waals surface area (Å²) in [4.78, 5) is 2.54. The third-order valence-corrected chi connectivity index (χ3v) is 4.03. The minimum atomic E-state index is 1.02. The molecule has 0 spiro atoms. The van der Waals surface area contributed by atoms with Crippen molar-refractivity contribution in [3.8, 4) is 0 Å². The van der Waals surface area contributed by atoms with Gasteiger partial charge in [-0.1, -0.05) is 48.5 Å². The number of nitrogens with zero attached hydrogens (tertiary/aromatic N) is 1. The second kappa shape index (κ2) is 6.10. The number of hydrogen-bond donors (Lipinski definition) is 1. The van der Waals surface area contributed by atoms with E-state index in [1.807, 2.05) is 7.05 Å². The lowest BCUT2D eigenvalue weighted by molar-refractivity contribution is 0.782. The highest BCUT2D eigenvalue weighted by molar-refractivity contribution is 5.63. The zero-order valence-corrected chi connectivity index (χ0v) is 12.1. The number of fused-ring (bicyclic) bond motifs is 1. The molecule has 0 saturated heterocycles. The van der Waals surface area contributed by atoms with E-state index in [-0.39, 0.29) is 0 Å². The first-order valence-electron chi connectivity index (χ1n) is 7.42. The molecular weight excluding hydrogens is 244 g/mol. The Morgan fingerprint density at radius 3 is 2.70 bits per heavy atom. The summed E-state index contributed by atoms with van der Waals surface area (Å²) in [6.45, 7) is 3.20. The standard InChI is InChI=1S/C18H22N2/c1-19-12-10-16-8-5-9-17-11-13-20(18(16)17)14-15-6-3-2-4-7-15/h2-9,19H,10-14H2,1H3. The van der Waals surface area contributed by atoms with Gasteiger partial charge in [0.2, 0.25) is 0 Å². The maximum Gasteiger partial charge on any atom is 0.0435 e. The maximum atomic E-state index is 3.25. The molecule has 0 atom stereocenters. The van der Waals surface area contributed by atoms with Crippen LogP contribution < -0.4 is 10.2 Å². The van der Waals surface area contributed by atoms with Gasteiger partial charge in [0.25, 0.3) is 0 Å². The summed E-state index contributed by atoms with van der Waals surface area (Å²) in [7, 11) is 2.02. The van der Waals surface area contributed by atoms with Crippen molar-refractivity contribution in [1.29, 1.82) is 0 Å². The molecule has 0 aromatic heterocycles. The van der Waals surface area contributed by atoms with Crippen LogP contribution >= 0.6 is 0 Å². The summed E-state index contributed by atoms with van der Waals surface area (Å²) in [5, 5.41) is 3.25. The molecule has 104 valence electrons. The maximum absolute atomic E-state index is 3.25. The Morgan fingerprint density at radius 1 is 1.05 bits per heavy atom. The van der Waals surface area contributed by atoms with Crippen LogP contribution in [-0.2, 0) is 19.4 Å². The molecule has 2 aromatic carbocycles. The van der Waals surface area contributed by atoms with Gasteiger partial charge in [-0.2, -0.15) is 0 Å². The fourth-order valence-electron chi connectivity index (χ4n) is 3.04. The van der Waals surface area contributed by atoms with Gasteiger partial charge in [0.1, 0.15) is 0 Å². The molecule has 0 radical (unpaired) electrons. The first-order chi connectivity index (χ1) is 9.88. The average Bonchev–Trinajstić information content (AvgIpc) is 2.90. The Morgan fingerprint density at radius 2 is 1.90 bits per heavy atom. The van der Waals surface area contributed by atoms with E-state index >= 15 is 0 Å². The summed E-state index contributed by atoms with van der Waals surface area (Å²) in [6.07, 6.45) is 2.28. The van der Waals surface area contributed by atoms with Crippen LogP contribution in [0.1, 0.15) is 16.7 Å². The van der Waals surface area contributed by atoms with Crippen molar-refractivity contribution in [3.05, 3.63) is 65.2 Å². The number of benzene rings is 2. The Labute approximate surface area is 121 Å². The summed E-state index contributed by atoms with van der Waals surface area (Å²) in [5.41, 5.74) is 5.86. The lowest BCUT2D eigenvalue weighted by atomic mass is 10.0. The van der Waals surface area contributed by atoms with Crippen LogP contribution in [0.15, 0.2) is 48.5 Å². The molecule has 2 aromatic rings. The molecule has 1 N–H and O–H groups in total. The summed E-state index contributed by atoms with van der Waals surface area (Å²) >= 11 is 0.